The lowest BCUT2D eigenvalue weighted by molar-refractivity contribution is -0.136. The topological polar surface area (TPSA) is 135 Å². The quantitative estimate of drug-likeness (QED) is 0.379. The summed E-state index contributed by atoms with van der Waals surface area (Å²) in [7, 11) is -4.29. The molecule has 1 unspecified atom stereocenters. The van der Waals surface area contributed by atoms with Crippen LogP contribution < -0.4 is 20.5 Å². The van der Waals surface area contributed by atoms with Crippen molar-refractivity contribution in [3.05, 3.63) is 103 Å². The zero-order valence-electron chi connectivity index (χ0n) is 18.9. The largest absolute Gasteiger partial charge is 0.468 e. The van der Waals surface area contributed by atoms with Gasteiger partial charge in [0.1, 0.15) is 26.9 Å². The first-order valence-corrected chi connectivity index (χ1v) is 13.2. The molecule has 0 aliphatic carbocycles. The molecule has 36 heavy (non-hydrogen) atoms. The number of hydrogen-bond acceptors (Lipinski definition) is 9. The lowest BCUT2D eigenvalue weighted by atomic mass is 9.94. The summed E-state index contributed by atoms with van der Waals surface area (Å²) in [4.78, 5) is 26.4. The Labute approximate surface area is 209 Å². The third kappa shape index (κ3) is 3.82. The number of nitrogens with two attached hydrogens (primary N) is 1. The second-order valence-electron chi connectivity index (χ2n) is 7.72. The predicted octanol–water partition coefficient (Wildman–Crippen LogP) is 1.99. The number of hydrogen-bond donors (Lipinski definition) is 1. The van der Waals surface area contributed by atoms with Crippen molar-refractivity contribution in [3.63, 3.8) is 0 Å². The molecular weight excluding hydrogens is 504 g/mol. The Morgan fingerprint density at radius 1 is 1.11 bits per heavy atom. The number of carbonyl (C=O) groups is 1. The Bertz CT molecular complexity index is 1740. The van der Waals surface area contributed by atoms with Gasteiger partial charge in [-0.25, -0.2) is 13.2 Å². The van der Waals surface area contributed by atoms with Gasteiger partial charge in [0.15, 0.2) is 0 Å². The van der Waals surface area contributed by atoms with Crippen LogP contribution in [-0.2, 0) is 19.4 Å². The lowest BCUT2D eigenvalue weighted by Gasteiger charge is -2.26. The van der Waals surface area contributed by atoms with E-state index in [4.69, 9.17) is 19.3 Å². The number of allylic oxidation sites excluding steroid dienone is 1. The Kier molecular flexibility index (Phi) is 6.02. The molecule has 2 N–H and O–H groups in total. The fourth-order valence-corrected chi connectivity index (χ4v) is 6.88. The van der Waals surface area contributed by atoms with Crippen molar-refractivity contribution < 1.29 is 26.8 Å². The van der Waals surface area contributed by atoms with Gasteiger partial charge in [0.2, 0.25) is 9.84 Å². The van der Waals surface area contributed by atoms with Gasteiger partial charge >= 0.3 is 5.97 Å². The fourth-order valence-electron chi connectivity index (χ4n) is 4.06. The highest BCUT2D eigenvalue weighted by Crippen LogP contribution is 2.42. The molecule has 0 fully saturated rings. The Morgan fingerprint density at radius 3 is 2.47 bits per heavy atom. The van der Waals surface area contributed by atoms with Crippen LogP contribution in [0, 0.1) is 0 Å². The van der Waals surface area contributed by atoms with E-state index in [0.29, 0.717) is 5.76 Å². The highest BCUT2D eigenvalue weighted by Gasteiger charge is 2.43. The molecular formula is C25H20N2O7S2. The monoisotopic (exact) mass is 524 g/mol. The second-order valence-corrected chi connectivity index (χ2v) is 10.7. The molecule has 0 radical (unpaired) electrons. The molecule has 3 aromatic heterocycles. The van der Waals surface area contributed by atoms with Crippen molar-refractivity contribution >= 4 is 44.6 Å². The van der Waals surface area contributed by atoms with Gasteiger partial charge in [-0.3, -0.25) is 9.36 Å². The van der Waals surface area contributed by atoms with Crippen molar-refractivity contribution in [2.24, 2.45) is 5.73 Å². The van der Waals surface area contributed by atoms with E-state index in [1.807, 2.05) is 0 Å². The molecule has 4 heterocycles. The van der Waals surface area contributed by atoms with Crippen LogP contribution in [-0.4, -0.2) is 25.6 Å². The smallest absolute Gasteiger partial charge is 0.338 e. The highest BCUT2D eigenvalue weighted by molar-refractivity contribution is 7.95. The zero-order chi connectivity index (χ0) is 25.4. The Morgan fingerprint density at radius 2 is 1.83 bits per heavy atom. The summed E-state index contributed by atoms with van der Waals surface area (Å²) in [6.07, 6.45) is 4.33. The number of sulfone groups is 1. The molecule has 1 aromatic carbocycles. The van der Waals surface area contributed by atoms with Gasteiger partial charge in [0, 0.05) is 6.08 Å². The molecule has 4 aromatic rings. The van der Waals surface area contributed by atoms with Crippen molar-refractivity contribution in [3.8, 4) is 0 Å². The van der Waals surface area contributed by atoms with E-state index < -0.39 is 27.3 Å². The van der Waals surface area contributed by atoms with Gasteiger partial charge in [-0.2, -0.15) is 0 Å². The van der Waals surface area contributed by atoms with Gasteiger partial charge in [0.05, 0.1) is 40.1 Å². The number of fused-ring (bicyclic) bond motifs is 1. The van der Waals surface area contributed by atoms with E-state index in [0.717, 1.165) is 15.9 Å². The predicted molar refractivity (Wildman–Crippen MR) is 133 cm³/mol. The van der Waals surface area contributed by atoms with Crippen LogP contribution in [0.3, 0.4) is 0 Å². The molecule has 1 aliphatic rings. The third-order valence-electron chi connectivity index (χ3n) is 5.58. The average Bonchev–Trinajstić information content (AvgIpc) is 3.63. The van der Waals surface area contributed by atoms with E-state index >= 15 is 0 Å². The van der Waals surface area contributed by atoms with Crippen LogP contribution in [0.25, 0.3) is 17.5 Å². The summed E-state index contributed by atoms with van der Waals surface area (Å²) in [5, 5.41) is 0. The Hall–Kier alpha value is -4.09. The van der Waals surface area contributed by atoms with Crippen LogP contribution >= 0.6 is 11.3 Å². The number of thiazole rings is 1. The minimum Gasteiger partial charge on any atom is -0.468 e. The van der Waals surface area contributed by atoms with Crippen molar-refractivity contribution in [2.45, 2.75) is 17.7 Å². The van der Waals surface area contributed by atoms with Crippen molar-refractivity contribution in [2.75, 3.05) is 6.61 Å². The second kappa shape index (κ2) is 9.17. The average molecular weight is 525 g/mol. The van der Waals surface area contributed by atoms with Gasteiger partial charge in [-0.05, 0) is 43.3 Å². The van der Waals surface area contributed by atoms with Crippen LogP contribution in [0.15, 0.2) is 90.6 Å². The lowest BCUT2D eigenvalue weighted by Crippen LogP contribution is -2.41. The molecule has 0 saturated carbocycles. The normalized spacial score (nSPS) is 16.3. The first-order valence-electron chi connectivity index (χ1n) is 10.9. The number of rotatable bonds is 6. The SMILES string of the molecule is CCOC(=O)C1=c2s/c(=C\c3ccco3)c(=O)n2C(N)=C(S(=O)(=O)c2ccccc2)C1c1ccco1. The number of esters is 1. The zero-order valence-corrected chi connectivity index (χ0v) is 20.5. The molecule has 1 atom stereocenters. The first-order chi connectivity index (χ1) is 17.3. The number of furan rings is 2. The highest BCUT2D eigenvalue weighted by atomic mass is 32.2. The summed E-state index contributed by atoms with van der Waals surface area (Å²) in [6, 6.07) is 14.1. The van der Waals surface area contributed by atoms with Crippen molar-refractivity contribution in [1.82, 2.24) is 4.57 Å². The molecule has 0 bridgehead atoms. The summed E-state index contributed by atoms with van der Waals surface area (Å²) in [5.41, 5.74) is 5.81. The summed E-state index contributed by atoms with van der Waals surface area (Å²) in [5.74, 6) is -1.76. The van der Waals surface area contributed by atoms with Gasteiger partial charge in [-0.15, -0.1) is 11.3 Å². The maximum atomic E-state index is 13.9. The number of nitrogens with zero attached hydrogens (tertiary/aromatic N) is 1. The van der Waals surface area contributed by atoms with Crippen LogP contribution in [0.2, 0.25) is 0 Å². The standard InChI is InChI=1S/C25H20N2O7S2/c1-2-32-25(29)20-19(17-11-7-13-34-17)21(36(30,31)16-9-4-3-5-10-16)22(26)27-23(28)18(35-24(20)27)14-15-8-6-12-33-15/h3-14,19H,2,26H2,1H3/b18-14-. The number of carbonyl (C=O) groups excluding carboxylic acids is 1. The number of aromatic nitrogens is 1. The third-order valence-corrected chi connectivity index (χ3v) is 8.61. The van der Waals surface area contributed by atoms with Gasteiger partial charge in [0.25, 0.3) is 5.56 Å². The summed E-state index contributed by atoms with van der Waals surface area (Å²) < 4.78 is 45.5. The number of ether oxygens (including phenoxy) is 1. The molecule has 184 valence electrons. The first kappa shape index (κ1) is 23.6. The van der Waals surface area contributed by atoms with E-state index in [2.05, 4.69) is 0 Å². The van der Waals surface area contributed by atoms with Crippen LogP contribution in [0.5, 0.6) is 0 Å². The maximum Gasteiger partial charge on any atom is 0.338 e. The molecule has 11 heteroatoms. The Balaban J connectivity index is 1.92. The van der Waals surface area contributed by atoms with E-state index in [9.17, 15) is 18.0 Å². The van der Waals surface area contributed by atoms with Crippen LogP contribution in [0.4, 0.5) is 0 Å². The van der Waals surface area contributed by atoms with Gasteiger partial charge in [-0.1, -0.05) is 18.2 Å². The van der Waals surface area contributed by atoms with E-state index in [-0.39, 0.29) is 42.8 Å². The molecule has 1 aliphatic heterocycles. The molecule has 0 saturated heterocycles. The summed E-state index contributed by atoms with van der Waals surface area (Å²) >= 11 is 0.982. The molecule has 0 spiro atoms. The van der Waals surface area contributed by atoms with Gasteiger partial charge < -0.3 is 19.3 Å². The maximum absolute atomic E-state index is 13.9. The van der Waals surface area contributed by atoms with Crippen LogP contribution in [0.1, 0.15) is 24.4 Å². The molecule has 0 amide bonds. The number of benzene rings is 1. The van der Waals surface area contributed by atoms with Crippen molar-refractivity contribution in [1.29, 1.82) is 0 Å². The van der Waals surface area contributed by atoms with E-state index in [1.165, 1.54) is 30.7 Å². The summed E-state index contributed by atoms with van der Waals surface area (Å²) in [6.45, 7) is 1.67. The molecule has 9 nitrogen and oxygen atoms in total. The fraction of sp³-hybridized carbons (Fsp3) is 0.120. The molecule has 5 rings (SSSR count). The minimum absolute atomic E-state index is 0.0359. The van der Waals surface area contributed by atoms with E-state index in [1.54, 1.807) is 49.4 Å². The minimum atomic E-state index is -4.29.